The standard InChI is InChI=1S/C29H46N4O5/c1-7-29(5,6)33(26(36)22(18-19-23(30)34)32-27(37)38-28(2,3)4)24(20-14-10-8-11-15-20)25(35)31-21-16-12-9-13-17-21/h8,10-11,14-15,21-22,24H,7,9,12-13,16-19H2,1-6H3,(H2,30,34)(H,31,35)(H,32,37). The van der Waals surface area contributed by atoms with Gasteiger partial charge in [0.15, 0.2) is 0 Å². The second kappa shape index (κ2) is 13.6. The molecule has 1 fully saturated rings. The molecule has 4 amide bonds. The number of primary amides is 1. The van der Waals surface area contributed by atoms with Crippen LogP contribution in [0, 0.1) is 0 Å². The van der Waals surface area contributed by atoms with Crippen molar-refractivity contribution in [2.24, 2.45) is 5.73 Å². The number of ether oxygens (including phenoxy) is 1. The minimum absolute atomic E-state index is 0.0184. The molecule has 0 saturated heterocycles. The lowest BCUT2D eigenvalue weighted by atomic mass is 9.90. The monoisotopic (exact) mass is 530 g/mol. The van der Waals surface area contributed by atoms with Crippen molar-refractivity contribution in [1.29, 1.82) is 0 Å². The minimum atomic E-state index is -1.11. The summed E-state index contributed by atoms with van der Waals surface area (Å²) in [7, 11) is 0. The smallest absolute Gasteiger partial charge is 0.408 e. The van der Waals surface area contributed by atoms with Gasteiger partial charge in [0.1, 0.15) is 17.7 Å². The maximum atomic E-state index is 14.3. The Morgan fingerprint density at radius 2 is 1.63 bits per heavy atom. The normalized spacial score (nSPS) is 16.2. The van der Waals surface area contributed by atoms with Gasteiger partial charge in [-0.05, 0) is 65.9 Å². The van der Waals surface area contributed by atoms with Crippen LogP contribution in [0.2, 0.25) is 0 Å². The van der Waals surface area contributed by atoms with Gasteiger partial charge < -0.3 is 26.0 Å². The Balaban J connectivity index is 2.52. The highest BCUT2D eigenvalue weighted by atomic mass is 16.6. The van der Waals surface area contributed by atoms with Gasteiger partial charge in [0.2, 0.25) is 17.7 Å². The van der Waals surface area contributed by atoms with E-state index in [2.05, 4.69) is 10.6 Å². The van der Waals surface area contributed by atoms with Crippen molar-refractivity contribution in [2.45, 2.75) is 122 Å². The minimum Gasteiger partial charge on any atom is -0.444 e. The van der Waals surface area contributed by atoms with Gasteiger partial charge >= 0.3 is 6.09 Å². The first kappa shape index (κ1) is 31.1. The van der Waals surface area contributed by atoms with Gasteiger partial charge in [-0.1, -0.05) is 56.5 Å². The lowest BCUT2D eigenvalue weighted by Crippen LogP contribution is -2.60. The van der Waals surface area contributed by atoms with E-state index in [1.165, 1.54) is 0 Å². The molecule has 1 aromatic carbocycles. The fourth-order valence-corrected chi connectivity index (χ4v) is 4.69. The first-order chi connectivity index (χ1) is 17.7. The van der Waals surface area contributed by atoms with Gasteiger partial charge in [-0.3, -0.25) is 14.4 Å². The fraction of sp³-hybridized carbons (Fsp3) is 0.655. The fourth-order valence-electron chi connectivity index (χ4n) is 4.69. The van der Waals surface area contributed by atoms with Gasteiger partial charge in [0, 0.05) is 18.0 Å². The SMILES string of the molecule is CCC(C)(C)N(C(=O)C(CCC(N)=O)NC(=O)OC(C)(C)C)C(C(=O)NC1CCCCC1)c1ccccc1. The number of nitrogens with one attached hydrogen (secondary N) is 2. The summed E-state index contributed by atoms with van der Waals surface area (Å²) in [5, 5.41) is 5.83. The van der Waals surface area contributed by atoms with Crippen LogP contribution in [-0.2, 0) is 19.1 Å². The molecule has 9 nitrogen and oxygen atoms in total. The van der Waals surface area contributed by atoms with Crippen molar-refractivity contribution >= 4 is 23.8 Å². The number of hydrogen-bond acceptors (Lipinski definition) is 5. The Morgan fingerprint density at radius 3 is 2.16 bits per heavy atom. The first-order valence-electron chi connectivity index (χ1n) is 13.7. The van der Waals surface area contributed by atoms with Gasteiger partial charge in [-0.15, -0.1) is 0 Å². The van der Waals surface area contributed by atoms with E-state index in [0.717, 1.165) is 32.1 Å². The number of alkyl carbamates (subject to hydrolysis) is 1. The van der Waals surface area contributed by atoms with Crippen molar-refractivity contribution < 1.29 is 23.9 Å². The number of carbonyl (C=O) groups excluding carboxylic acids is 4. The molecular formula is C29H46N4O5. The van der Waals surface area contributed by atoms with Crippen LogP contribution in [0.4, 0.5) is 4.79 Å². The first-order valence-corrected chi connectivity index (χ1v) is 13.7. The molecule has 212 valence electrons. The number of hydrogen-bond donors (Lipinski definition) is 3. The summed E-state index contributed by atoms with van der Waals surface area (Å²) in [6.07, 6.45) is 4.70. The van der Waals surface area contributed by atoms with Crippen molar-refractivity contribution in [3.05, 3.63) is 35.9 Å². The number of rotatable bonds is 11. The van der Waals surface area contributed by atoms with E-state index in [0.29, 0.717) is 12.0 Å². The molecule has 0 radical (unpaired) electrons. The summed E-state index contributed by atoms with van der Waals surface area (Å²) in [6.45, 7) is 10.9. The zero-order valence-electron chi connectivity index (χ0n) is 23.8. The Kier molecular flexibility index (Phi) is 11.2. The summed E-state index contributed by atoms with van der Waals surface area (Å²) in [5.41, 5.74) is 4.52. The van der Waals surface area contributed by atoms with Crippen LogP contribution in [0.15, 0.2) is 30.3 Å². The van der Waals surface area contributed by atoms with E-state index < -0.39 is 41.1 Å². The number of nitrogens with zero attached hydrogens (tertiary/aromatic N) is 1. The molecular weight excluding hydrogens is 484 g/mol. The molecule has 2 atom stereocenters. The third kappa shape index (κ3) is 9.33. The quantitative estimate of drug-likeness (QED) is 0.391. The van der Waals surface area contributed by atoms with Crippen LogP contribution < -0.4 is 16.4 Å². The van der Waals surface area contributed by atoms with Crippen molar-refractivity contribution in [2.75, 3.05) is 0 Å². The molecule has 1 aliphatic rings. The van der Waals surface area contributed by atoms with Crippen LogP contribution in [0.1, 0.15) is 105 Å². The highest BCUT2D eigenvalue weighted by Gasteiger charge is 2.43. The third-order valence-corrected chi connectivity index (χ3v) is 7.00. The van der Waals surface area contributed by atoms with E-state index in [9.17, 15) is 19.2 Å². The van der Waals surface area contributed by atoms with Gasteiger partial charge in [0.05, 0.1) is 0 Å². The highest BCUT2D eigenvalue weighted by Crippen LogP contribution is 2.33. The Bertz CT molecular complexity index is 951. The largest absolute Gasteiger partial charge is 0.444 e. The molecule has 1 aromatic rings. The topological polar surface area (TPSA) is 131 Å². The molecule has 1 saturated carbocycles. The summed E-state index contributed by atoms with van der Waals surface area (Å²) in [4.78, 5) is 54.1. The average molecular weight is 531 g/mol. The van der Waals surface area contributed by atoms with Gasteiger partial charge in [-0.2, -0.15) is 0 Å². The predicted molar refractivity (Wildman–Crippen MR) is 147 cm³/mol. The number of nitrogens with two attached hydrogens (primary N) is 1. The highest BCUT2D eigenvalue weighted by molar-refractivity contribution is 5.93. The summed E-state index contributed by atoms with van der Waals surface area (Å²) >= 11 is 0. The zero-order valence-corrected chi connectivity index (χ0v) is 23.8. The molecule has 2 rings (SSSR count). The number of benzene rings is 1. The Morgan fingerprint density at radius 1 is 1.03 bits per heavy atom. The number of carbonyl (C=O) groups is 4. The maximum Gasteiger partial charge on any atom is 0.408 e. The molecule has 0 heterocycles. The Labute approximate surface area is 227 Å². The van der Waals surface area contributed by atoms with E-state index in [-0.39, 0.29) is 24.8 Å². The average Bonchev–Trinajstić information content (AvgIpc) is 2.84. The molecule has 4 N–H and O–H groups in total. The van der Waals surface area contributed by atoms with E-state index in [1.807, 2.05) is 51.1 Å². The second-order valence-corrected chi connectivity index (χ2v) is 11.7. The van der Waals surface area contributed by atoms with E-state index in [4.69, 9.17) is 10.5 Å². The zero-order chi connectivity index (χ0) is 28.5. The van der Waals surface area contributed by atoms with Crippen LogP contribution in [-0.4, -0.2) is 51.9 Å². The molecule has 0 spiro atoms. The molecule has 0 bridgehead atoms. The molecule has 38 heavy (non-hydrogen) atoms. The molecule has 0 aliphatic heterocycles. The van der Waals surface area contributed by atoms with Gasteiger partial charge in [-0.25, -0.2) is 4.79 Å². The van der Waals surface area contributed by atoms with Crippen LogP contribution in [0.3, 0.4) is 0 Å². The predicted octanol–water partition coefficient (Wildman–Crippen LogP) is 4.35. The Hall–Kier alpha value is -3.10. The third-order valence-electron chi connectivity index (χ3n) is 7.00. The second-order valence-electron chi connectivity index (χ2n) is 11.7. The summed E-state index contributed by atoms with van der Waals surface area (Å²) in [5.74, 6) is -1.33. The van der Waals surface area contributed by atoms with Crippen molar-refractivity contribution in [3.63, 3.8) is 0 Å². The van der Waals surface area contributed by atoms with Crippen molar-refractivity contribution in [1.82, 2.24) is 15.5 Å². The van der Waals surface area contributed by atoms with E-state index >= 15 is 0 Å². The van der Waals surface area contributed by atoms with Crippen LogP contribution in [0.25, 0.3) is 0 Å². The molecule has 1 aliphatic carbocycles. The number of amides is 4. The van der Waals surface area contributed by atoms with Crippen LogP contribution in [0.5, 0.6) is 0 Å². The maximum absolute atomic E-state index is 14.3. The van der Waals surface area contributed by atoms with Crippen molar-refractivity contribution in [3.8, 4) is 0 Å². The molecule has 2 unspecified atom stereocenters. The molecule has 9 heteroatoms. The van der Waals surface area contributed by atoms with E-state index in [1.54, 1.807) is 25.7 Å². The lowest BCUT2D eigenvalue weighted by Gasteiger charge is -2.45. The summed E-state index contributed by atoms with van der Waals surface area (Å²) < 4.78 is 5.39. The summed E-state index contributed by atoms with van der Waals surface area (Å²) in [6, 6.07) is 7.19. The van der Waals surface area contributed by atoms with Gasteiger partial charge in [0.25, 0.3) is 0 Å². The van der Waals surface area contributed by atoms with Crippen LogP contribution >= 0.6 is 0 Å². The molecule has 0 aromatic heterocycles. The lowest BCUT2D eigenvalue weighted by molar-refractivity contribution is -0.150.